The third-order valence-corrected chi connectivity index (χ3v) is 11.0. The molecule has 7 nitrogen and oxygen atoms in total. The largest absolute Gasteiger partial charge is 0.504 e. The Labute approximate surface area is 315 Å². The van der Waals surface area contributed by atoms with Gasteiger partial charge in [0.25, 0.3) is 0 Å². The topological polar surface area (TPSA) is 96.3 Å². The Hall–Kier alpha value is -3.83. The van der Waals surface area contributed by atoms with E-state index >= 15 is 0 Å². The smallest absolute Gasteiger partial charge is 0.455 e. The summed E-state index contributed by atoms with van der Waals surface area (Å²) >= 11 is 2.01. The molecule has 0 saturated carbocycles. The second-order valence-electron chi connectivity index (χ2n) is 13.8. The fraction of sp³-hybridized carbons (Fsp3) is 0.368. The summed E-state index contributed by atoms with van der Waals surface area (Å²) in [5.74, 6) is -4.56. The Morgan fingerprint density at radius 2 is 1.64 bits per heavy atom. The van der Waals surface area contributed by atoms with Crippen molar-refractivity contribution in [2.45, 2.75) is 57.9 Å². The van der Waals surface area contributed by atoms with Crippen molar-refractivity contribution in [1.29, 1.82) is 0 Å². The number of nitrogens with zero attached hydrogens (tertiary/aromatic N) is 1. The zero-order chi connectivity index (χ0) is 38.6. The number of rotatable bonds is 8. The van der Waals surface area contributed by atoms with Crippen LogP contribution in [0.4, 0.5) is 32.0 Å². The summed E-state index contributed by atoms with van der Waals surface area (Å²) in [5, 5.41) is 21.4. The number of aromatic hydroxyl groups is 1. The minimum absolute atomic E-state index is 0.0123. The number of phenolic OH excluding ortho intramolecular Hbond substituents is 1. The number of fused-ring (bicyclic) bond motifs is 3. The number of halogens is 7. The van der Waals surface area contributed by atoms with Gasteiger partial charge in [0.2, 0.25) is 11.8 Å². The maximum atomic E-state index is 14.1. The van der Waals surface area contributed by atoms with Gasteiger partial charge in [0.15, 0.2) is 11.5 Å². The molecule has 1 aliphatic carbocycles. The minimum Gasteiger partial charge on any atom is -0.504 e. The zero-order valence-corrected chi connectivity index (χ0v) is 30.9. The number of carbonyl (C=O) groups excluding carboxylic acids is 2. The molecule has 2 aliphatic heterocycles. The van der Waals surface area contributed by atoms with Crippen LogP contribution in [0.5, 0.6) is 11.5 Å². The Morgan fingerprint density at radius 3 is 2.23 bits per heavy atom. The van der Waals surface area contributed by atoms with E-state index in [0.29, 0.717) is 39.2 Å². The Bertz CT molecular complexity index is 1950. The maximum Gasteiger partial charge on any atom is 0.455 e. The summed E-state index contributed by atoms with van der Waals surface area (Å²) in [4.78, 5) is 28.5. The van der Waals surface area contributed by atoms with Gasteiger partial charge in [0, 0.05) is 0 Å². The molecule has 2 amide bonds. The lowest BCUT2D eigenvalue weighted by molar-refractivity contribution is -0.143. The normalized spacial score (nSPS) is 22.5. The Kier molecular flexibility index (Phi) is 10.8. The van der Waals surface area contributed by atoms with Crippen molar-refractivity contribution in [1.82, 2.24) is 0 Å². The predicted octanol–water partition coefficient (Wildman–Crippen LogP) is 9.02. The van der Waals surface area contributed by atoms with E-state index in [1.165, 1.54) is 7.11 Å². The molecule has 0 unspecified atom stereocenters. The molecule has 53 heavy (non-hydrogen) atoms. The quantitative estimate of drug-likeness (QED) is 0.0587. The second-order valence-corrected chi connectivity index (χ2v) is 15.0. The van der Waals surface area contributed by atoms with E-state index in [9.17, 15) is 46.1 Å². The van der Waals surface area contributed by atoms with Crippen LogP contribution >= 0.6 is 22.6 Å². The number of imide groups is 1. The molecule has 0 bridgehead atoms. The van der Waals surface area contributed by atoms with E-state index in [4.69, 9.17) is 9.39 Å². The van der Waals surface area contributed by atoms with E-state index < -0.39 is 72.0 Å². The highest BCUT2D eigenvalue weighted by Gasteiger charge is 2.58. The van der Waals surface area contributed by atoms with Crippen molar-refractivity contribution >= 4 is 58.9 Å². The summed E-state index contributed by atoms with van der Waals surface area (Å²) in [7, 11) is 0.102. The first-order chi connectivity index (χ1) is 24.9. The molecule has 0 spiro atoms. The van der Waals surface area contributed by atoms with Crippen LogP contribution in [-0.4, -0.2) is 42.3 Å². The number of benzene rings is 3. The number of allylic oxidation sites excluding steroid dienone is 2. The highest BCUT2D eigenvalue weighted by atomic mass is 127. The van der Waals surface area contributed by atoms with Crippen molar-refractivity contribution in [3.8, 4) is 11.5 Å². The molecule has 3 aromatic rings. The van der Waals surface area contributed by atoms with Gasteiger partial charge in [-0.25, -0.2) is 4.90 Å². The van der Waals surface area contributed by atoms with Gasteiger partial charge >= 0.3 is 19.5 Å². The highest BCUT2D eigenvalue weighted by Crippen LogP contribution is 2.53. The average Bonchev–Trinajstić information content (AvgIpc) is 3.35. The van der Waals surface area contributed by atoms with Gasteiger partial charge < -0.3 is 19.5 Å². The lowest BCUT2D eigenvalue weighted by Crippen LogP contribution is -2.46. The van der Waals surface area contributed by atoms with Crippen molar-refractivity contribution in [2.75, 3.05) is 12.0 Å². The van der Waals surface area contributed by atoms with Crippen LogP contribution in [0, 0.1) is 27.2 Å². The van der Waals surface area contributed by atoms with Gasteiger partial charge in [0.1, 0.15) is 0 Å². The van der Waals surface area contributed by atoms with Crippen LogP contribution in [0.2, 0.25) is 6.32 Å². The van der Waals surface area contributed by atoms with Gasteiger partial charge in [-0.3, -0.25) is 9.59 Å². The van der Waals surface area contributed by atoms with Gasteiger partial charge in [-0.15, -0.1) is 0 Å². The molecule has 2 fully saturated rings. The van der Waals surface area contributed by atoms with Gasteiger partial charge in [-0.05, 0) is 113 Å². The van der Waals surface area contributed by atoms with E-state index in [1.54, 1.807) is 12.1 Å². The average molecular weight is 853 g/mol. The summed E-state index contributed by atoms with van der Waals surface area (Å²) < 4.78 is 94.6. The lowest BCUT2D eigenvalue weighted by atomic mass is 9.57. The van der Waals surface area contributed by atoms with E-state index in [0.717, 1.165) is 27.8 Å². The third kappa shape index (κ3) is 7.74. The Morgan fingerprint density at radius 1 is 1.00 bits per heavy atom. The van der Waals surface area contributed by atoms with E-state index in [-0.39, 0.29) is 30.5 Å². The number of hydrogen-bond donors (Lipinski definition) is 2. The number of phenols is 1. The molecule has 2 saturated heterocycles. The molecule has 280 valence electrons. The van der Waals surface area contributed by atoms with E-state index in [2.05, 4.69) is 0 Å². The third-order valence-electron chi connectivity index (χ3n) is 10.2. The SMILES string of the molecule is COc1cc(/C=C(/CC[C@H]2OB(O)C[C@H]3C2=C(C(C)C)C[C@H]2C(=O)N(c4cc(C(F)(F)F)cc(C(F)(F)F)c4)C(=O)[C@H]23)c2ccccc2)cc(I)c1O. The second kappa shape index (κ2) is 14.8. The number of anilines is 1. The first-order valence-electron chi connectivity index (χ1n) is 16.9. The maximum absolute atomic E-state index is 14.1. The molecule has 4 atom stereocenters. The minimum atomic E-state index is -5.17. The molecule has 3 aliphatic rings. The predicted molar refractivity (Wildman–Crippen MR) is 194 cm³/mol. The molecule has 2 N–H and O–H groups in total. The fourth-order valence-corrected chi connectivity index (χ4v) is 8.47. The molecule has 0 radical (unpaired) electrons. The summed E-state index contributed by atoms with van der Waals surface area (Å²) in [5.41, 5.74) is 0.00123. The molecule has 6 rings (SSSR count). The number of methoxy groups -OCH3 is 1. The van der Waals surface area contributed by atoms with Crippen LogP contribution in [0.15, 0.2) is 71.8 Å². The van der Waals surface area contributed by atoms with Crippen molar-refractivity contribution in [2.24, 2.45) is 23.7 Å². The number of alkyl halides is 6. The highest BCUT2D eigenvalue weighted by molar-refractivity contribution is 14.1. The summed E-state index contributed by atoms with van der Waals surface area (Å²) in [6.45, 7) is 3.80. The van der Waals surface area contributed by atoms with Crippen LogP contribution in [0.3, 0.4) is 0 Å². The molecule has 3 aromatic carbocycles. The van der Waals surface area contributed by atoms with Crippen molar-refractivity contribution < 1.29 is 55.5 Å². The first kappa shape index (κ1) is 38.9. The van der Waals surface area contributed by atoms with Crippen LogP contribution < -0.4 is 9.64 Å². The van der Waals surface area contributed by atoms with Crippen LogP contribution in [0.25, 0.3) is 11.6 Å². The molecule has 2 heterocycles. The van der Waals surface area contributed by atoms with Crippen molar-refractivity contribution in [3.63, 3.8) is 0 Å². The summed E-state index contributed by atoms with van der Waals surface area (Å²) in [6.07, 6.45) is -8.39. The molecule has 15 heteroatoms. The standard InChI is InChI=1S/C38H35BF6INO6/c1-19(2)26-17-27-33(36(50)47(35(27)49)25-15-23(37(40,41)42)14-24(16-25)38(43,44)45)28-18-39(51)53-30(32(26)28)10-9-22(21-7-5-4-6-8-21)11-20-12-29(46)34(48)31(13-20)52-3/h4-8,11-16,19,27-28,30,33,48,51H,9-10,17-18H2,1-3H3/b22-11-/t27-,28+,30-,33-/m1/s1. The van der Waals surface area contributed by atoms with Crippen molar-refractivity contribution in [3.05, 3.63) is 97.6 Å². The first-order valence-corrected chi connectivity index (χ1v) is 18.0. The zero-order valence-electron chi connectivity index (χ0n) is 28.8. The fourth-order valence-electron chi connectivity index (χ4n) is 7.84. The monoisotopic (exact) mass is 853 g/mol. The van der Waals surface area contributed by atoms with Crippen LogP contribution in [0.1, 0.15) is 55.4 Å². The number of carbonyl (C=O) groups is 2. The summed E-state index contributed by atoms with van der Waals surface area (Å²) in [6, 6.07) is 13.8. The van der Waals surface area contributed by atoms with Gasteiger partial charge in [-0.1, -0.05) is 55.8 Å². The number of amides is 2. The van der Waals surface area contributed by atoms with Gasteiger partial charge in [-0.2, -0.15) is 26.3 Å². The Balaban J connectivity index is 1.37. The number of ether oxygens (including phenoxy) is 1. The lowest BCUT2D eigenvalue weighted by Gasteiger charge is -2.44. The molecular weight excluding hydrogens is 818 g/mol. The molecular formula is C38H35BF6INO6. The number of hydrogen-bond acceptors (Lipinski definition) is 6. The van der Waals surface area contributed by atoms with Gasteiger partial charge in [0.05, 0.1) is 45.4 Å². The van der Waals surface area contributed by atoms with Crippen LogP contribution in [-0.2, 0) is 26.6 Å². The molecule has 0 aromatic heterocycles. The van der Waals surface area contributed by atoms with E-state index in [1.807, 2.05) is 72.8 Å².